The molecule has 0 aliphatic rings. The Bertz CT molecular complexity index is 406. The standard InChI is InChI=1S/C16H26N2O3/c1-4-5-10-17-16(19)13-18(2)11-12-21-15-8-6-14(20-3)7-9-15/h6-9H,4-5,10-13H2,1-3H3,(H,17,19). The Morgan fingerprint density at radius 2 is 1.90 bits per heavy atom. The molecule has 0 unspecified atom stereocenters. The first kappa shape index (κ1) is 17.3. The molecule has 0 radical (unpaired) electrons. The molecule has 5 nitrogen and oxygen atoms in total. The van der Waals surface area contributed by atoms with Crippen LogP contribution in [0.5, 0.6) is 11.5 Å². The maximum Gasteiger partial charge on any atom is 0.234 e. The van der Waals surface area contributed by atoms with Gasteiger partial charge in [0.1, 0.15) is 18.1 Å². The lowest BCUT2D eigenvalue weighted by molar-refractivity contribution is -0.122. The van der Waals surface area contributed by atoms with Crippen molar-refractivity contribution in [1.29, 1.82) is 0 Å². The molecule has 21 heavy (non-hydrogen) atoms. The number of hydrogen-bond donors (Lipinski definition) is 1. The van der Waals surface area contributed by atoms with Crippen molar-refractivity contribution < 1.29 is 14.3 Å². The van der Waals surface area contributed by atoms with Crippen LogP contribution in [0.3, 0.4) is 0 Å². The van der Waals surface area contributed by atoms with Gasteiger partial charge in [-0.05, 0) is 37.7 Å². The normalized spacial score (nSPS) is 10.5. The van der Waals surface area contributed by atoms with E-state index < -0.39 is 0 Å². The van der Waals surface area contributed by atoms with Crippen LogP contribution in [0.1, 0.15) is 19.8 Å². The second kappa shape index (κ2) is 10.0. The molecule has 1 N–H and O–H groups in total. The molecule has 0 aromatic heterocycles. The molecule has 5 heteroatoms. The molecule has 0 aliphatic carbocycles. The predicted molar refractivity (Wildman–Crippen MR) is 83.9 cm³/mol. The van der Waals surface area contributed by atoms with Crippen LogP contribution in [0.15, 0.2) is 24.3 Å². The number of benzene rings is 1. The highest BCUT2D eigenvalue weighted by Crippen LogP contribution is 2.16. The number of unbranched alkanes of at least 4 members (excludes halogenated alkanes) is 1. The van der Waals surface area contributed by atoms with Crippen LogP contribution in [0, 0.1) is 0 Å². The Hall–Kier alpha value is -1.75. The van der Waals surface area contributed by atoms with E-state index in [1.807, 2.05) is 36.2 Å². The van der Waals surface area contributed by atoms with E-state index in [0.717, 1.165) is 30.9 Å². The smallest absolute Gasteiger partial charge is 0.234 e. The second-order valence-electron chi connectivity index (χ2n) is 4.97. The molecular weight excluding hydrogens is 268 g/mol. The van der Waals surface area contributed by atoms with E-state index >= 15 is 0 Å². The largest absolute Gasteiger partial charge is 0.497 e. The first-order chi connectivity index (χ1) is 10.2. The number of ether oxygens (including phenoxy) is 2. The van der Waals surface area contributed by atoms with Crippen LogP contribution in [0.4, 0.5) is 0 Å². The van der Waals surface area contributed by atoms with Crippen molar-refractivity contribution in [3.8, 4) is 11.5 Å². The summed E-state index contributed by atoms with van der Waals surface area (Å²) in [7, 11) is 3.55. The molecule has 0 atom stereocenters. The summed E-state index contributed by atoms with van der Waals surface area (Å²) >= 11 is 0. The molecule has 0 bridgehead atoms. The number of nitrogens with zero attached hydrogens (tertiary/aromatic N) is 1. The summed E-state index contributed by atoms with van der Waals surface area (Å²) in [6.45, 7) is 4.51. The Morgan fingerprint density at radius 3 is 2.52 bits per heavy atom. The molecule has 0 fully saturated rings. The molecule has 118 valence electrons. The van der Waals surface area contributed by atoms with Gasteiger partial charge in [-0.1, -0.05) is 13.3 Å². The van der Waals surface area contributed by atoms with Gasteiger partial charge >= 0.3 is 0 Å². The van der Waals surface area contributed by atoms with E-state index in [4.69, 9.17) is 9.47 Å². The van der Waals surface area contributed by atoms with Gasteiger partial charge in [0.25, 0.3) is 0 Å². The average molecular weight is 294 g/mol. The molecule has 1 aromatic rings. The number of nitrogens with one attached hydrogen (secondary N) is 1. The highest BCUT2D eigenvalue weighted by atomic mass is 16.5. The first-order valence-corrected chi connectivity index (χ1v) is 7.37. The van der Waals surface area contributed by atoms with E-state index in [2.05, 4.69) is 12.2 Å². The molecular formula is C16H26N2O3. The topological polar surface area (TPSA) is 50.8 Å². The monoisotopic (exact) mass is 294 g/mol. The van der Waals surface area contributed by atoms with Crippen LogP contribution < -0.4 is 14.8 Å². The van der Waals surface area contributed by atoms with Gasteiger partial charge < -0.3 is 14.8 Å². The van der Waals surface area contributed by atoms with Crippen molar-refractivity contribution in [2.45, 2.75) is 19.8 Å². The van der Waals surface area contributed by atoms with Crippen LogP contribution in [0.2, 0.25) is 0 Å². The third kappa shape index (κ3) is 7.56. The van der Waals surface area contributed by atoms with Gasteiger partial charge in [0.15, 0.2) is 0 Å². The van der Waals surface area contributed by atoms with E-state index in [9.17, 15) is 4.79 Å². The fourth-order valence-corrected chi connectivity index (χ4v) is 1.78. The van der Waals surface area contributed by atoms with E-state index in [0.29, 0.717) is 19.7 Å². The van der Waals surface area contributed by atoms with Gasteiger partial charge in [0.05, 0.1) is 13.7 Å². The van der Waals surface area contributed by atoms with Gasteiger partial charge in [0.2, 0.25) is 5.91 Å². The third-order valence-electron chi connectivity index (χ3n) is 3.07. The molecule has 0 spiro atoms. The first-order valence-electron chi connectivity index (χ1n) is 7.37. The van der Waals surface area contributed by atoms with Gasteiger partial charge in [-0.15, -0.1) is 0 Å². The van der Waals surface area contributed by atoms with E-state index in [-0.39, 0.29) is 5.91 Å². The molecule has 0 heterocycles. The van der Waals surface area contributed by atoms with Gasteiger partial charge in [-0.3, -0.25) is 9.69 Å². The highest BCUT2D eigenvalue weighted by Gasteiger charge is 2.05. The molecule has 0 saturated carbocycles. The highest BCUT2D eigenvalue weighted by molar-refractivity contribution is 5.77. The Morgan fingerprint density at radius 1 is 1.24 bits per heavy atom. The molecule has 0 aliphatic heterocycles. The van der Waals surface area contributed by atoms with Crippen LogP contribution in [-0.4, -0.2) is 51.2 Å². The summed E-state index contributed by atoms with van der Waals surface area (Å²) in [4.78, 5) is 13.6. The van der Waals surface area contributed by atoms with E-state index in [1.54, 1.807) is 7.11 Å². The Kier molecular flexibility index (Phi) is 8.28. The fourth-order valence-electron chi connectivity index (χ4n) is 1.78. The number of methoxy groups -OCH3 is 1. The zero-order valence-corrected chi connectivity index (χ0v) is 13.2. The number of amides is 1. The SMILES string of the molecule is CCCCNC(=O)CN(C)CCOc1ccc(OC)cc1. The summed E-state index contributed by atoms with van der Waals surface area (Å²) in [5.41, 5.74) is 0. The minimum absolute atomic E-state index is 0.0652. The minimum Gasteiger partial charge on any atom is -0.497 e. The lowest BCUT2D eigenvalue weighted by Gasteiger charge is -2.16. The summed E-state index contributed by atoms with van der Waals surface area (Å²) < 4.78 is 10.7. The second-order valence-corrected chi connectivity index (χ2v) is 4.97. The van der Waals surface area contributed by atoms with Crippen molar-refractivity contribution in [2.75, 3.05) is 40.4 Å². The van der Waals surface area contributed by atoms with Crippen LogP contribution in [0.25, 0.3) is 0 Å². The van der Waals surface area contributed by atoms with Crippen molar-refractivity contribution in [3.05, 3.63) is 24.3 Å². The van der Waals surface area contributed by atoms with Crippen molar-refractivity contribution in [1.82, 2.24) is 10.2 Å². The van der Waals surface area contributed by atoms with Crippen molar-refractivity contribution in [2.24, 2.45) is 0 Å². The van der Waals surface area contributed by atoms with E-state index in [1.165, 1.54) is 0 Å². The fraction of sp³-hybridized carbons (Fsp3) is 0.562. The number of hydrogen-bond acceptors (Lipinski definition) is 4. The zero-order valence-electron chi connectivity index (χ0n) is 13.2. The maximum atomic E-state index is 11.6. The summed E-state index contributed by atoms with van der Waals surface area (Å²) in [5.74, 6) is 1.68. The lowest BCUT2D eigenvalue weighted by Crippen LogP contribution is -2.37. The molecule has 1 amide bonds. The average Bonchev–Trinajstić information content (AvgIpc) is 2.48. The maximum absolute atomic E-state index is 11.6. The molecule has 0 saturated heterocycles. The zero-order chi connectivity index (χ0) is 15.5. The Balaban J connectivity index is 2.17. The van der Waals surface area contributed by atoms with Crippen LogP contribution in [-0.2, 0) is 4.79 Å². The summed E-state index contributed by atoms with van der Waals surface area (Å²) in [5, 5.41) is 2.90. The van der Waals surface area contributed by atoms with Crippen molar-refractivity contribution >= 4 is 5.91 Å². The van der Waals surface area contributed by atoms with Gasteiger partial charge in [-0.25, -0.2) is 0 Å². The van der Waals surface area contributed by atoms with Gasteiger partial charge in [0, 0.05) is 13.1 Å². The number of likely N-dealkylation sites (N-methyl/N-ethyl adjacent to an activating group) is 1. The number of rotatable bonds is 10. The van der Waals surface area contributed by atoms with Gasteiger partial charge in [-0.2, -0.15) is 0 Å². The predicted octanol–water partition coefficient (Wildman–Crippen LogP) is 1.92. The summed E-state index contributed by atoms with van der Waals surface area (Å²) in [6.07, 6.45) is 2.11. The number of carbonyl (C=O) groups is 1. The lowest BCUT2D eigenvalue weighted by atomic mass is 10.3. The quantitative estimate of drug-likeness (QED) is 0.670. The molecule has 1 aromatic carbocycles. The number of carbonyl (C=O) groups excluding carboxylic acids is 1. The van der Waals surface area contributed by atoms with Crippen molar-refractivity contribution in [3.63, 3.8) is 0 Å². The van der Waals surface area contributed by atoms with Crippen LogP contribution >= 0.6 is 0 Å². The summed E-state index contributed by atoms with van der Waals surface area (Å²) in [6, 6.07) is 7.47. The Labute approximate surface area is 127 Å². The molecule has 1 rings (SSSR count). The minimum atomic E-state index is 0.0652. The third-order valence-corrected chi connectivity index (χ3v) is 3.07.